The van der Waals surface area contributed by atoms with Crippen LogP contribution >= 0.6 is 11.8 Å². The summed E-state index contributed by atoms with van der Waals surface area (Å²) in [6.45, 7) is 2.25. The normalized spacial score (nSPS) is 12.2. The highest BCUT2D eigenvalue weighted by molar-refractivity contribution is 7.99. The van der Waals surface area contributed by atoms with Gasteiger partial charge in [0.05, 0.1) is 19.1 Å². The number of anilines is 1. The first-order valence-corrected chi connectivity index (χ1v) is 11.8. The van der Waals surface area contributed by atoms with E-state index in [-0.39, 0.29) is 5.91 Å². The number of hydrogen-bond acceptors (Lipinski definition) is 5. The van der Waals surface area contributed by atoms with Crippen molar-refractivity contribution in [1.82, 2.24) is 5.32 Å². The highest BCUT2D eigenvalue weighted by Crippen LogP contribution is 2.25. The van der Waals surface area contributed by atoms with Gasteiger partial charge in [-0.3, -0.25) is 9.10 Å². The van der Waals surface area contributed by atoms with Crippen molar-refractivity contribution < 1.29 is 17.9 Å². The van der Waals surface area contributed by atoms with E-state index in [1.807, 2.05) is 30.3 Å². The smallest absolute Gasteiger partial charge is 0.243 e. The fraction of sp³-hybridized carbons (Fsp3) is 0.350. The van der Waals surface area contributed by atoms with Crippen molar-refractivity contribution >= 4 is 33.4 Å². The first kappa shape index (κ1) is 22.1. The Morgan fingerprint density at radius 2 is 1.79 bits per heavy atom. The van der Waals surface area contributed by atoms with Crippen LogP contribution in [0.25, 0.3) is 0 Å². The molecule has 2 aromatic carbocycles. The second-order valence-corrected chi connectivity index (χ2v) is 9.16. The first-order valence-electron chi connectivity index (χ1n) is 8.95. The summed E-state index contributed by atoms with van der Waals surface area (Å²) in [5.41, 5.74) is 0.434. The Hall–Kier alpha value is -2.19. The third kappa shape index (κ3) is 6.17. The Balaban J connectivity index is 2.06. The Bertz CT molecular complexity index is 856. The van der Waals surface area contributed by atoms with Crippen LogP contribution < -0.4 is 14.4 Å². The minimum atomic E-state index is -3.64. The van der Waals surface area contributed by atoms with Gasteiger partial charge in [-0.25, -0.2) is 8.42 Å². The quantitative estimate of drug-likeness (QED) is 0.470. The van der Waals surface area contributed by atoms with Crippen LogP contribution in [0.4, 0.5) is 5.69 Å². The lowest BCUT2D eigenvalue weighted by Gasteiger charge is -2.30. The Morgan fingerprint density at radius 1 is 1.14 bits per heavy atom. The van der Waals surface area contributed by atoms with Gasteiger partial charge in [0.1, 0.15) is 11.8 Å². The number of rotatable bonds is 10. The fourth-order valence-corrected chi connectivity index (χ4v) is 4.77. The van der Waals surface area contributed by atoms with Gasteiger partial charge in [-0.15, -0.1) is 11.8 Å². The van der Waals surface area contributed by atoms with Gasteiger partial charge < -0.3 is 10.1 Å². The van der Waals surface area contributed by atoms with Crippen LogP contribution in [-0.2, 0) is 14.8 Å². The molecule has 152 valence electrons. The van der Waals surface area contributed by atoms with Crippen LogP contribution in [0.3, 0.4) is 0 Å². The number of methoxy groups -OCH3 is 1. The minimum absolute atomic E-state index is 0.308. The molecule has 2 rings (SSSR count). The van der Waals surface area contributed by atoms with Gasteiger partial charge in [0.25, 0.3) is 0 Å². The molecule has 1 atom stereocenters. The molecule has 0 bridgehead atoms. The van der Waals surface area contributed by atoms with E-state index in [1.54, 1.807) is 50.1 Å². The number of amides is 1. The zero-order valence-corrected chi connectivity index (χ0v) is 17.9. The summed E-state index contributed by atoms with van der Waals surface area (Å²) >= 11 is 1.64. The van der Waals surface area contributed by atoms with E-state index in [0.717, 1.165) is 11.2 Å². The maximum absolute atomic E-state index is 12.7. The van der Waals surface area contributed by atoms with Gasteiger partial charge in [0.15, 0.2) is 0 Å². The molecule has 28 heavy (non-hydrogen) atoms. The molecule has 2 aromatic rings. The number of benzene rings is 2. The van der Waals surface area contributed by atoms with Crippen LogP contribution in [0, 0.1) is 0 Å². The summed E-state index contributed by atoms with van der Waals surface area (Å²) in [6, 6.07) is 15.7. The Morgan fingerprint density at radius 3 is 2.32 bits per heavy atom. The number of hydrogen-bond donors (Lipinski definition) is 1. The molecular weight excluding hydrogens is 396 g/mol. The lowest BCUT2D eigenvalue weighted by molar-refractivity contribution is -0.122. The van der Waals surface area contributed by atoms with Gasteiger partial charge in [-0.05, 0) is 42.8 Å². The van der Waals surface area contributed by atoms with Gasteiger partial charge in [-0.2, -0.15) is 0 Å². The molecule has 0 aliphatic heterocycles. The van der Waals surface area contributed by atoms with E-state index in [1.165, 1.54) is 4.31 Å². The number of carbonyl (C=O) groups is 1. The highest BCUT2D eigenvalue weighted by atomic mass is 32.2. The summed E-state index contributed by atoms with van der Waals surface area (Å²) < 4.78 is 31.1. The SMILES string of the molecule is CC[C@@H](C(=O)NCCSc1ccccc1)N(c1ccc(OC)cc1)S(C)(=O)=O. The summed E-state index contributed by atoms with van der Waals surface area (Å²) in [5.74, 6) is 1.01. The van der Waals surface area contributed by atoms with E-state index in [0.29, 0.717) is 30.2 Å². The highest BCUT2D eigenvalue weighted by Gasteiger charge is 2.31. The second kappa shape index (κ2) is 10.4. The molecule has 0 radical (unpaired) electrons. The van der Waals surface area contributed by atoms with E-state index < -0.39 is 16.1 Å². The maximum Gasteiger partial charge on any atom is 0.243 e. The average molecular weight is 423 g/mol. The van der Waals surface area contributed by atoms with Gasteiger partial charge in [0, 0.05) is 17.2 Å². The third-order valence-corrected chi connectivity index (χ3v) is 6.26. The van der Waals surface area contributed by atoms with Crippen LogP contribution in [-0.4, -0.2) is 46.0 Å². The molecule has 0 saturated carbocycles. The molecule has 0 aromatic heterocycles. The Kier molecular flexibility index (Phi) is 8.19. The average Bonchev–Trinajstić information content (AvgIpc) is 2.69. The summed E-state index contributed by atoms with van der Waals surface area (Å²) in [4.78, 5) is 13.8. The van der Waals surface area contributed by atoms with Crippen LogP contribution in [0.2, 0.25) is 0 Å². The molecule has 0 fully saturated rings. The van der Waals surface area contributed by atoms with E-state index in [2.05, 4.69) is 5.32 Å². The molecule has 0 heterocycles. The van der Waals surface area contributed by atoms with Crippen molar-refractivity contribution in [2.75, 3.05) is 30.0 Å². The lowest BCUT2D eigenvalue weighted by Crippen LogP contribution is -2.49. The Labute approximate surface area is 171 Å². The zero-order chi connectivity index (χ0) is 20.6. The van der Waals surface area contributed by atoms with E-state index in [4.69, 9.17) is 4.74 Å². The predicted octanol–water partition coefficient (Wildman–Crippen LogP) is 3.15. The topological polar surface area (TPSA) is 75.7 Å². The fourth-order valence-electron chi connectivity index (χ4n) is 2.77. The van der Waals surface area contributed by atoms with Crippen molar-refractivity contribution in [3.05, 3.63) is 54.6 Å². The standard InChI is InChI=1S/C20H26N2O4S2/c1-4-19(20(23)21-14-15-27-18-8-6-5-7-9-18)22(28(3,24)25)16-10-12-17(26-2)13-11-16/h5-13,19H,4,14-15H2,1-3H3,(H,21,23)/t19-/m0/s1. The van der Waals surface area contributed by atoms with Crippen molar-refractivity contribution in [2.24, 2.45) is 0 Å². The molecule has 8 heteroatoms. The summed E-state index contributed by atoms with van der Waals surface area (Å²) in [7, 11) is -2.10. The van der Waals surface area contributed by atoms with Crippen molar-refractivity contribution in [1.29, 1.82) is 0 Å². The van der Waals surface area contributed by atoms with Crippen molar-refractivity contribution in [3.63, 3.8) is 0 Å². The molecule has 0 aliphatic rings. The number of carbonyl (C=O) groups excluding carboxylic acids is 1. The van der Waals surface area contributed by atoms with E-state index in [9.17, 15) is 13.2 Å². The number of sulfonamides is 1. The molecule has 1 N–H and O–H groups in total. The van der Waals surface area contributed by atoms with Crippen LogP contribution in [0.5, 0.6) is 5.75 Å². The lowest BCUT2D eigenvalue weighted by atomic mass is 10.2. The van der Waals surface area contributed by atoms with Crippen LogP contribution in [0.1, 0.15) is 13.3 Å². The molecule has 0 spiro atoms. The number of nitrogens with zero attached hydrogens (tertiary/aromatic N) is 1. The molecule has 0 aliphatic carbocycles. The van der Waals surface area contributed by atoms with Crippen molar-refractivity contribution in [2.45, 2.75) is 24.3 Å². The van der Waals surface area contributed by atoms with Gasteiger partial charge in [-0.1, -0.05) is 25.1 Å². The van der Waals surface area contributed by atoms with Gasteiger partial charge >= 0.3 is 0 Å². The number of ether oxygens (including phenoxy) is 1. The summed E-state index contributed by atoms with van der Waals surface area (Å²) in [5, 5.41) is 2.86. The molecule has 1 amide bonds. The number of nitrogens with one attached hydrogen (secondary N) is 1. The summed E-state index contributed by atoms with van der Waals surface area (Å²) in [6.07, 6.45) is 1.47. The largest absolute Gasteiger partial charge is 0.497 e. The predicted molar refractivity (Wildman–Crippen MR) is 115 cm³/mol. The molecule has 6 nitrogen and oxygen atoms in total. The molecule has 0 saturated heterocycles. The number of thioether (sulfide) groups is 1. The van der Waals surface area contributed by atoms with E-state index >= 15 is 0 Å². The maximum atomic E-state index is 12.7. The van der Waals surface area contributed by atoms with Crippen molar-refractivity contribution in [3.8, 4) is 5.75 Å². The minimum Gasteiger partial charge on any atom is -0.497 e. The third-order valence-electron chi connectivity index (χ3n) is 4.07. The monoisotopic (exact) mass is 422 g/mol. The second-order valence-electron chi connectivity index (χ2n) is 6.13. The molecule has 0 unspecified atom stereocenters. The first-order chi connectivity index (χ1) is 13.4. The zero-order valence-electron chi connectivity index (χ0n) is 16.3. The molecular formula is C20H26N2O4S2. The van der Waals surface area contributed by atoms with Gasteiger partial charge in [0.2, 0.25) is 15.9 Å². The van der Waals surface area contributed by atoms with Crippen LogP contribution in [0.15, 0.2) is 59.5 Å².